The molecular weight excluding hydrogens is 392 g/mol. The fraction of sp³-hybridized carbons (Fsp3) is 0.0833. The highest BCUT2D eigenvalue weighted by molar-refractivity contribution is 6.34. The number of fused-ring (bicyclic) bond motifs is 2. The van der Waals surface area contributed by atoms with Gasteiger partial charge in [-0.1, -0.05) is 24.3 Å². The average molecular weight is 410 g/mol. The van der Waals surface area contributed by atoms with Crippen LogP contribution >= 0.6 is 0 Å². The van der Waals surface area contributed by atoms with E-state index in [1.807, 2.05) is 42.3 Å². The van der Waals surface area contributed by atoms with Gasteiger partial charge in [-0.2, -0.15) is 0 Å². The number of amides is 2. The van der Waals surface area contributed by atoms with Gasteiger partial charge in [0.2, 0.25) is 0 Å². The predicted octanol–water partition coefficient (Wildman–Crippen LogP) is 4.21. The van der Waals surface area contributed by atoms with Crippen molar-refractivity contribution >= 4 is 40.0 Å². The van der Waals surface area contributed by atoms with E-state index < -0.39 is 0 Å². The second kappa shape index (κ2) is 7.21. The zero-order valence-electron chi connectivity index (χ0n) is 16.9. The number of imide groups is 1. The first kappa shape index (κ1) is 18.7. The summed E-state index contributed by atoms with van der Waals surface area (Å²) in [5.74, 6) is 1.48. The van der Waals surface area contributed by atoms with Crippen molar-refractivity contribution in [2.24, 2.45) is 0 Å². The molecule has 31 heavy (non-hydrogen) atoms. The first-order chi connectivity index (χ1) is 15.1. The first-order valence-corrected chi connectivity index (χ1v) is 9.70. The molecule has 2 aromatic heterocycles. The normalized spacial score (nSPS) is 12.9. The Morgan fingerprint density at radius 3 is 2.35 bits per heavy atom. The highest BCUT2D eigenvalue weighted by Crippen LogP contribution is 2.33. The molecule has 0 atom stereocenters. The molecule has 0 spiro atoms. The van der Waals surface area contributed by atoms with Gasteiger partial charge < -0.3 is 9.64 Å². The van der Waals surface area contributed by atoms with Gasteiger partial charge in [-0.25, -0.2) is 14.9 Å². The number of anilines is 3. The van der Waals surface area contributed by atoms with Crippen molar-refractivity contribution in [3.05, 3.63) is 84.1 Å². The van der Waals surface area contributed by atoms with Crippen molar-refractivity contribution in [2.45, 2.75) is 0 Å². The molecule has 2 aromatic carbocycles. The molecule has 1 aliphatic rings. The van der Waals surface area contributed by atoms with Crippen molar-refractivity contribution in [3.8, 4) is 5.75 Å². The molecule has 0 N–H and O–H groups in total. The number of hydrogen-bond donors (Lipinski definition) is 0. The second-order valence-electron chi connectivity index (χ2n) is 7.13. The Balaban J connectivity index is 1.55. The van der Waals surface area contributed by atoms with Gasteiger partial charge in [0.15, 0.2) is 0 Å². The number of benzene rings is 2. The number of methoxy groups -OCH3 is 1. The molecule has 0 fully saturated rings. The van der Waals surface area contributed by atoms with E-state index in [1.54, 1.807) is 49.7 Å². The highest BCUT2D eigenvalue weighted by Gasteiger charge is 2.37. The van der Waals surface area contributed by atoms with E-state index in [2.05, 4.69) is 9.97 Å². The minimum absolute atomic E-state index is 0.272. The van der Waals surface area contributed by atoms with E-state index in [9.17, 15) is 9.59 Å². The molecular formula is C24H18N4O3. The standard InChI is InChI=1S/C24H18N4O3/c1-27(22-19-14-16(31-2)11-10-15(19)12-13-25-22)20-8-5-9-21(26-20)28-23(29)17-6-3-4-7-18(17)24(28)30/h3-14H,1-2H3. The lowest BCUT2D eigenvalue weighted by molar-refractivity contribution is 0.0925. The first-order valence-electron chi connectivity index (χ1n) is 9.70. The summed E-state index contributed by atoms with van der Waals surface area (Å²) in [5.41, 5.74) is 0.770. The maximum Gasteiger partial charge on any atom is 0.267 e. The van der Waals surface area contributed by atoms with Crippen LogP contribution in [0.5, 0.6) is 5.75 Å². The van der Waals surface area contributed by atoms with Crippen LogP contribution in [-0.2, 0) is 0 Å². The van der Waals surface area contributed by atoms with Gasteiger partial charge in [0, 0.05) is 18.6 Å². The third-order valence-electron chi connectivity index (χ3n) is 5.36. The van der Waals surface area contributed by atoms with Crippen molar-refractivity contribution < 1.29 is 14.3 Å². The fourth-order valence-corrected chi connectivity index (χ4v) is 3.76. The number of carbonyl (C=O) groups is 2. The summed E-state index contributed by atoms with van der Waals surface area (Å²) in [4.78, 5) is 37.7. The van der Waals surface area contributed by atoms with Crippen LogP contribution in [0.15, 0.2) is 72.9 Å². The number of pyridine rings is 2. The summed E-state index contributed by atoms with van der Waals surface area (Å²) in [6, 6.07) is 19.7. The zero-order valence-corrected chi connectivity index (χ0v) is 16.9. The molecule has 0 saturated heterocycles. The molecule has 4 aromatic rings. The molecule has 7 nitrogen and oxygen atoms in total. The Hall–Kier alpha value is -4.26. The van der Waals surface area contributed by atoms with Gasteiger partial charge in [-0.3, -0.25) is 9.59 Å². The number of nitrogens with zero attached hydrogens (tertiary/aromatic N) is 4. The smallest absolute Gasteiger partial charge is 0.267 e. The van der Waals surface area contributed by atoms with E-state index in [-0.39, 0.29) is 17.6 Å². The SMILES string of the molecule is COc1ccc2ccnc(N(C)c3cccc(N4C(=O)c5ccccc5C4=O)n3)c2c1. The molecule has 0 bridgehead atoms. The fourth-order valence-electron chi connectivity index (χ4n) is 3.76. The zero-order chi connectivity index (χ0) is 21.5. The van der Waals surface area contributed by atoms with Crippen LogP contribution in [0, 0.1) is 0 Å². The molecule has 0 aliphatic carbocycles. The number of hydrogen-bond acceptors (Lipinski definition) is 6. The van der Waals surface area contributed by atoms with Crippen LogP contribution in [-0.4, -0.2) is 35.9 Å². The number of aromatic nitrogens is 2. The van der Waals surface area contributed by atoms with Gasteiger partial charge in [0.05, 0.1) is 18.2 Å². The third kappa shape index (κ3) is 2.98. The largest absolute Gasteiger partial charge is 0.497 e. The van der Waals surface area contributed by atoms with Gasteiger partial charge >= 0.3 is 0 Å². The molecule has 3 heterocycles. The van der Waals surface area contributed by atoms with Crippen LogP contribution in [0.25, 0.3) is 10.8 Å². The van der Waals surface area contributed by atoms with Crippen LogP contribution in [0.2, 0.25) is 0 Å². The quantitative estimate of drug-likeness (QED) is 0.469. The maximum absolute atomic E-state index is 12.8. The number of carbonyl (C=O) groups excluding carboxylic acids is 2. The van der Waals surface area contributed by atoms with Crippen molar-refractivity contribution in [1.82, 2.24) is 9.97 Å². The molecule has 0 unspecified atom stereocenters. The van der Waals surface area contributed by atoms with Crippen LogP contribution in [0.1, 0.15) is 20.7 Å². The van der Waals surface area contributed by atoms with Crippen molar-refractivity contribution in [1.29, 1.82) is 0 Å². The van der Waals surface area contributed by atoms with Crippen LogP contribution in [0.4, 0.5) is 17.5 Å². The van der Waals surface area contributed by atoms with Crippen LogP contribution in [0.3, 0.4) is 0 Å². The van der Waals surface area contributed by atoms with Crippen molar-refractivity contribution in [2.75, 3.05) is 24.0 Å². The lowest BCUT2D eigenvalue weighted by Crippen LogP contribution is -2.30. The summed E-state index contributed by atoms with van der Waals surface area (Å²) in [6.45, 7) is 0. The highest BCUT2D eigenvalue weighted by atomic mass is 16.5. The maximum atomic E-state index is 12.8. The lowest BCUT2D eigenvalue weighted by atomic mass is 10.1. The minimum Gasteiger partial charge on any atom is -0.497 e. The van der Waals surface area contributed by atoms with E-state index >= 15 is 0 Å². The summed E-state index contributed by atoms with van der Waals surface area (Å²) in [5, 5.41) is 1.91. The Morgan fingerprint density at radius 2 is 1.65 bits per heavy atom. The van der Waals surface area contributed by atoms with E-state index in [0.717, 1.165) is 21.4 Å². The monoisotopic (exact) mass is 410 g/mol. The Morgan fingerprint density at radius 1 is 0.903 bits per heavy atom. The summed E-state index contributed by atoms with van der Waals surface area (Å²) < 4.78 is 5.36. The summed E-state index contributed by atoms with van der Waals surface area (Å²) >= 11 is 0. The van der Waals surface area contributed by atoms with Crippen LogP contribution < -0.4 is 14.5 Å². The summed E-state index contributed by atoms with van der Waals surface area (Å²) in [6.07, 6.45) is 1.73. The van der Waals surface area contributed by atoms with E-state index in [4.69, 9.17) is 4.74 Å². The van der Waals surface area contributed by atoms with Crippen molar-refractivity contribution in [3.63, 3.8) is 0 Å². The lowest BCUT2D eigenvalue weighted by Gasteiger charge is -2.21. The molecule has 7 heteroatoms. The Labute approximate surface area is 178 Å². The topological polar surface area (TPSA) is 75.6 Å². The van der Waals surface area contributed by atoms with Gasteiger partial charge in [-0.15, -0.1) is 0 Å². The summed E-state index contributed by atoms with van der Waals surface area (Å²) in [7, 11) is 3.46. The third-order valence-corrected chi connectivity index (χ3v) is 5.36. The Bertz CT molecular complexity index is 1320. The average Bonchev–Trinajstić information content (AvgIpc) is 3.08. The molecule has 0 radical (unpaired) electrons. The van der Waals surface area contributed by atoms with E-state index in [0.29, 0.717) is 22.8 Å². The molecule has 152 valence electrons. The minimum atomic E-state index is -0.374. The molecule has 1 aliphatic heterocycles. The van der Waals surface area contributed by atoms with Gasteiger partial charge in [0.25, 0.3) is 11.8 Å². The second-order valence-corrected chi connectivity index (χ2v) is 7.13. The predicted molar refractivity (Wildman–Crippen MR) is 118 cm³/mol. The van der Waals surface area contributed by atoms with Gasteiger partial charge in [-0.05, 0) is 47.9 Å². The molecule has 5 rings (SSSR count). The Kier molecular flexibility index (Phi) is 4.36. The molecule has 0 saturated carbocycles. The number of rotatable bonds is 4. The van der Waals surface area contributed by atoms with Gasteiger partial charge in [0.1, 0.15) is 23.2 Å². The van der Waals surface area contributed by atoms with E-state index in [1.165, 1.54) is 0 Å². The number of ether oxygens (including phenoxy) is 1. The molecule has 2 amide bonds.